The number of aliphatic carboxylic acids is 1. The van der Waals surface area contributed by atoms with Crippen molar-refractivity contribution in [1.82, 2.24) is 4.98 Å². The lowest BCUT2D eigenvalue weighted by atomic mass is 10.1. The van der Waals surface area contributed by atoms with Crippen LogP contribution >= 0.6 is 0 Å². The summed E-state index contributed by atoms with van der Waals surface area (Å²) in [6, 6.07) is 3.80. The lowest BCUT2D eigenvalue weighted by molar-refractivity contribution is -0.137. The van der Waals surface area contributed by atoms with Gasteiger partial charge in [-0.05, 0) is 18.4 Å². The van der Waals surface area contributed by atoms with E-state index < -0.39 is 5.97 Å². The summed E-state index contributed by atoms with van der Waals surface area (Å²) in [5.41, 5.74) is 1.05. The molecule has 1 aromatic rings. The van der Waals surface area contributed by atoms with E-state index in [-0.39, 0.29) is 12.3 Å². The van der Waals surface area contributed by atoms with Crippen LogP contribution in [0.1, 0.15) is 12.8 Å². The molecule has 92 valence electrons. The van der Waals surface area contributed by atoms with Gasteiger partial charge in [-0.25, -0.2) is 4.98 Å². The molecular weight excluding hydrogens is 220 g/mol. The second kappa shape index (κ2) is 5.03. The fourth-order valence-corrected chi connectivity index (χ4v) is 2.19. The van der Waals surface area contributed by atoms with Gasteiger partial charge in [0.25, 0.3) is 0 Å². The van der Waals surface area contributed by atoms with Crippen LogP contribution in [0.25, 0.3) is 0 Å². The van der Waals surface area contributed by atoms with Gasteiger partial charge >= 0.3 is 5.97 Å². The van der Waals surface area contributed by atoms with Crippen LogP contribution in [0.4, 0.5) is 5.69 Å². The van der Waals surface area contributed by atoms with Crippen molar-refractivity contribution in [2.75, 3.05) is 25.1 Å². The zero-order valence-electron chi connectivity index (χ0n) is 9.80. The highest BCUT2D eigenvalue weighted by atomic mass is 16.5. The molecular formula is C12H16N2O3. The smallest absolute Gasteiger partial charge is 0.303 e. The monoisotopic (exact) mass is 236 g/mol. The molecule has 1 aliphatic rings. The maximum absolute atomic E-state index is 10.7. The van der Waals surface area contributed by atoms with Crippen LogP contribution in [0.2, 0.25) is 0 Å². The van der Waals surface area contributed by atoms with E-state index in [4.69, 9.17) is 9.84 Å². The number of aromatic nitrogens is 1. The van der Waals surface area contributed by atoms with Gasteiger partial charge in [0.2, 0.25) is 5.88 Å². The molecule has 0 spiro atoms. The van der Waals surface area contributed by atoms with Gasteiger partial charge in [0, 0.05) is 37.5 Å². The fourth-order valence-electron chi connectivity index (χ4n) is 2.19. The molecule has 1 saturated heterocycles. The summed E-state index contributed by atoms with van der Waals surface area (Å²) >= 11 is 0. The summed E-state index contributed by atoms with van der Waals surface area (Å²) in [6.07, 6.45) is 2.88. The molecule has 0 bridgehead atoms. The number of hydrogen-bond donors (Lipinski definition) is 1. The normalized spacial score (nSPS) is 19.4. The van der Waals surface area contributed by atoms with E-state index in [1.54, 1.807) is 13.3 Å². The van der Waals surface area contributed by atoms with E-state index in [0.717, 1.165) is 25.2 Å². The first-order valence-electron chi connectivity index (χ1n) is 5.66. The van der Waals surface area contributed by atoms with Crippen molar-refractivity contribution in [3.63, 3.8) is 0 Å². The Bertz CT molecular complexity index is 408. The quantitative estimate of drug-likeness (QED) is 0.856. The Balaban J connectivity index is 2.01. The first-order chi connectivity index (χ1) is 8.19. The van der Waals surface area contributed by atoms with Crippen LogP contribution in [0.3, 0.4) is 0 Å². The molecule has 5 heteroatoms. The fraction of sp³-hybridized carbons (Fsp3) is 0.500. The average Bonchev–Trinajstić information content (AvgIpc) is 2.77. The lowest BCUT2D eigenvalue weighted by Gasteiger charge is -2.18. The SMILES string of the molecule is COc1cc(N2CCC(CC(=O)O)C2)ccn1. The van der Waals surface area contributed by atoms with Crippen LogP contribution in [0, 0.1) is 5.92 Å². The highest BCUT2D eigenvalue weighted by Crippen LogP contribution is 2.27. The first-order valence-corrected chi connectivity index (χ1v) is 5.66. The molecule has 17 heavy (non-hydrogen) atoms. The van der Waals surface area contributed by atoms with E-state index in [1.165, 1.54) is 0 Å². The molecule has 1 unspecified atom stereocenters. The van der Waals surface area contributed by atoms with Crippen molar-refractivity contribution in [2.24, 2.45) is 5.92 Å². The Morgan fingerprint density at radius 1 is 1.71 bits per heavy atom. The topological polar surface area (TPSA) is 62.7 Å². The Morgan fingerprint density at radius 2 is 2.53 bits per heavy atom. The van der Waals surface area contributed by atoms with Gasteiger partial charge in [0.1, 0.15) is 0 Å². The standard InChI is InChI=1S/C12H16N2O3/c1-17-11-7-10(2-4-13-11)14-5-3-9(8-14)6-12(15)16/h2,4,7,9H,3,5-6,8H2,1H3,(H,15,16). The zero-order chi connectivity index (χ0) is 12.3. The van der Waals surface area contributed by atoms with Gasteiger partial charge in [-0.15, -0.1) is 0 Å². The summed E-state index contributed by atoms with van der Waals surface area (Å²) in [4.78, 5) is 16.9. The Morgan fingerprint density at radius 3 is 3.24 bits per heavy atom. The predicted molar refractivity (Wildman–Crippen MR) is 63.4 cm³/mol. The number of carboxylic acids is 1. The summed E-state index contributed by atoms with van der Waals surface area (Å²) in [7, 11) is 1.59. The molecule has 1 aliphatic heterocycles. The third kappa shape index (κ3) is 2.87. The lowest BCUT2D eigenvalue weighted by Crippen LogP contribution is -2.20. The number of carbonyl (C=O) groups is 1. The minimum Gasteiger partial charge on any atom is -0.481 e. The van der Waals surface area contributed by atoms with Crippen molar-refractivity contribution in [2.45, 2.75) is 12.8 Å². The molecule has 2 heterocycles. The molecule has 0 aromatic carbocycles. The third-order valence-corrected chi connectivity index (χ3v) is 3.04. The van der Waals surface area contributed by atoms with Crippen LogP contribution < -0.4 is 9.64 Å². The van der Waals surface area contributed by atoms with Gasteiger partial charge in [-0.1, -0.05) is 0 Å². The number of nitrogens with zero attached hydrogens (tertiary/aromatic N) is 2. The molecule has 0 aliphatic carbocycles. The van der Waals surface area contributed by atoms with Crippen molar-refractivity contribution in [3.8, 4) is 5.88 Å². The summed E-state index contributed by atoms with van der Waals surface area (Å²) in [5, 5.41) is 8.76. The Labute approximate surface area is 100 Å². The van der Waals surface area contributed by atoms with Crippen molar-refractivity contribution >= 4 is 11.7 Å². The van der Waals surface area contributed by atoms with E-state index in [1.807, 2.05) is 12.1 Å². The van der Waals surface area contributed by atoms with Crippen LogP contribution in [-0.4, -0.2) is 36.3 Å². The molecule has 1 aromatic heterocycles. The summed E-state index contributed by atoms with van der Waals surface area (Å²) in [5.74, 6) is 0.111. The second-order valence-electron chi connectivity index (χ2n) is 4.25. The molecule has 0 radical (unpaired) electrons. The zero-order valence-corrected chi connectivity index (χ0v) is 9.80. The minimum atomic E-state index is -0.718. The highest BCUT2D eigenvalue weighted by Gasteiger charge is 2.24. The van der Waals surface area contributed by atoms with Gasteiger partial charge in [0.15, 0.2) is 0 Å². The molecule has 1 atom stereocenters. The number of anilines is 1. The number of hydrogen-bond acceptors (Lipinski definition) is 4. The van der Waals surface area contributed by atoms with Gasteiger partial charge < -0.3 is 14.7 Å². The maximum Gasteiger partial charge on any atom is 0.303 e. The summed E-state index contributed by atoms with van der Waals surface area (Å²) in [6.45, 7) is 1.69. The van der Waals surface area contributed by atoms with E-state index >= 15 is 0 Å². The molecule has 0 saturated carbocycles. The molecule has 2 rings (SSSR count). The van der Waals surface area contributed by atoms with E-state index in [9.17, 15) is 4.79 Å². The number of ether oxygens (including phenoxy) is 1. The van der Waals surface area contributed by atoms with Gasteiger partial charge in [0.05, 0.1) is 7.11 Å². The molecule has 0 amide bonds. The van der Waals surface area contributed by atoms with Crippen LogP contribution in [0.5, 0.6) is 5.88 Å². The number of rotatable bonds is 4. The van der Waals surface area contributed by atoms with Crippen molar-refractivity contribution in [3.05, 3.63) is 18.3 Å². The van der Waals surface area contributed by atoms with E-state index in [0.29, 0.717) is 5.88 Å². The third-order valence-electron chi connectivity index (χ3n) is 3.04. The number of methoxy groups -OCH3 is 1. The largest absolute Gasteiger partial charge is 0.481 e. The molecule has 1 N–H and O–H groups in total. The van der Waals surface area contributed by atoms with Crippen molar-refractivity contribution in [1.29, 1.82) is 0 Å². The Hall–Kier alpha value is -1.78. The summed E-state index contributed by atoms with van der Waals surface area (Å²) < 4.78 is 5.07. The molecule has 5 nitrogen and oxygen atoms in total. The van der Waals surface area contributed by atoms with Crippen LogP contribution in [0.15, 0.2) is 18.3 Å². The second-order valence-corrected chi connectivity index (χ2v) is 4.25. The molecule has 1 fully saturated rings. The van der Waals surface area contributed by atoms with Crippen molar-refractivity contribution < 1.29 is 14.6 Å². The highest BCUT2D eigenvalue weighted by molar-refractivity contribution is 5.67. The van der Waals surface area contributed by atoms with E-state index in [2.05, 4.69) is 9.88 Å². The van der Waals surface area contributed by atoms with Gasteiger partial charge in [-0.3, -0.25) is 4.79 Å². The average molecular weight is 236 g/mol. The number of pyridine rings is 1. The van der Waals surface area contributed by atoms with Gasteiger partial charge in [-0.2, -0.15) is 0 Å². The minimum absolute atomic E-state index is 0.242. The van der Waals surface area contributed by atoms with Crippen LogP contribution in [-0.2, 0) is 4.79 Å². The maximum atomic E-state index is 10.7. The predicted octanol–water partition coefficient (Wildman–Crippen LogP) is 1.39. The number of carboxylic acid groups (broad SMARTS) is 1. The Kier molecular flexibility index (Phi) is 3.46. The first kappa shape index (κ1) is 11.7.